The van der Waals surface area contributed by atoms with Gasteiger partial charge in [-0.05, 0) is 72.6 Å². The van der Waals surface area contributed by atoms with E-state index in [0.29, 0.717) is 37.9 Å². The Bertz CT molecular complexity index is 1370. The van der Waals surface area contributed by atoms with Crippen LogP contribution in [0.3, 0.4) is 0 Å². The summed E-state index contributed by atoms with van der Waals surface area (Å²) >= 11 is 25.2. The van der Waals surface area contributed by atoms with Crippen LogP contribution in [0.1, 0.15) is 5.56 Å². The first-order valence-electron chi connectivity index (χ1n) is 10.2. The maximum absolute atomic E-state index is 13.5. The van der Waals surface area contributed by atoms with Crippen LogP contribution in [0.15, 0.2) is 77.3 Å². The van der Waals surface area contributed by atoms with Crippen molar-refractivity contribution < 1.29 is 9.59 Å². The first-order chi connectivity index (χ1) is 16.8. The van der Waals surface area contributed by atoms with Crippen LogP contribution in [0, 0.1) is 11.3 Å². The Morgan fingerprint density at radius 1 is 0.943 bits per heavy atom. The van der Waals surface area contributed by atoms with Crippen molar-refractivity contribution in [3.8, 4) is 6.07 Å². The van der Waals surface area contributed by atoms with Gasteiger partial charge < -0.3 is 5.32 Å². The predicted molar refractivity (Wildman–Crippen MR) is 143 cm³/mol. The zero-order valence-corrected chi connectivity index (χ0v) is 21.6. The summed E-state index contributed by atoms with van der Waals surface area (Å²) in [5.74, 6) is -0.912. The molecule has 0 saturated carbocycles. The van der Waals surface area contributed by atoms with Crippen LogP contribution in [0.2, 0.25) is 20.1 Å². The molecule has 35 heavy (non-hydrogen) atoms. The number of hydrogen-bond donors (Lipinski definition) is 1. The van der Waals surface area contributed by atoms with Crippen LogP contribution in [0.25, 0.3) is 0 Å². The molecule has 1 saturated heterocycles. The summed E-state index contributed by atoms with van der Waals surface area (Å²) in [6.45, 7) is 0. The van der Waals surface area contributed by atoms with Crippen molar-refractivity contribution in [2.45, 2.75) is 11.7 Å². The second-order valence-electron chi connectivity index (χ2n) is 7.46. The normalized spacial score (nSPS) is 16.7. The standard InChI is InChI=1S/C25H15Cl4N3O2S/c26-15-2-6-17(7-3-15)31-23(33)19(13-30)25-32(18-8-4-16(27)5-9-18)24(34)22(35-25)12-14-1-10-20(28)21(29)11-14/h1-11,22H,12H2,(H,31,33)/b25-19-/t22-/m1/s1. The number of hydrogen-bond acceptors (Lipinski definition) is 4. The van der Waals surface area contributed by atoms with E-state index >= 15 is 0 Å². The van der Waals surface area contributed by atoms with E-state index in [2.05, 4.69) is 5.32 Å². The Morgan fingerprint density at radius 3 is 2.17 bits per heavy atom. The SMILES string of the molecule is N#C/C(C(=O)Nc1ccc(Cl)cc1)=C1/S[C@H](Cc2ccc(Cl)c(Cl)c2)C(=O)N1c1ccc(Cl)cc1. The number of nitrogens with zero attached hydrogens (tertiary/aromatic N) is 2. The summed E-state index contributed by atoms with van der Waals surface area (Å²) in [7, 11) is 0. The predicted octanol–water partition coefficient (Wildman–Crippen LogP) is 7.37. The minimum atomic E-state index is -0.640. The fourth-order valence-corrected chi connectivity index (χ4v) is 5.30. The lowest BCUT2D eigenvalue weighted by Crippen LogP contribution is -2.30. The maximum Gasteiger partial charge on any atom is 0.269 e. The van der Waals surface area contributed by atoms with Crippen molar-refractivity contribution in [3.63, 3.8) is 0 Å². The van der Waals surface area contributed by atoms with E-state index in [-0.39, 0.29) is 16.5 Å². The molecule has 10 heteroatoms. The number of carbonyl (C=O) groups excluding carboxylic acids is 2. The van der Waals surface area contributed by atoms with Crippen molar-refractivity contribution in [2.24, 2.45) is 0 Å². The molecule has 176 valence electrons. The first kappa shape index (κ1) is 25.4. The molecule has 1 aliphatic rings. The molecule has 1 heterocycles. The van der Waals surface area contributed by atoms with Crippen molar-refractivity contribution >= 4 is 81.4 Å². The highest BCUT2D eigenvalue weighted by atomic mass is 35.5. The van der Waals surface area contributed by atoms with E-state index in [1.165, 1.54) is 4.90 Å². The molecule has 1 atom stereocenters. The summed E-state index contributed by atoms with van der Waals surface area (Å²) in [6, 6.07) is 20.2. The molecule has 0 aromatic heterocycles. The second-order valence-corrected chi connectivity index (χ2v) is 10.3. The number of carbonyl (C=O) groups is 2. The first-order valence-corrected chi connectivity index (χ1v) is 12.6. The zero-order chi connectivity index (χ0) is 25.1. The molecular weight excluding hydrogens is 548 g/mol. The molecule has 0 unspecified atom stereocenters. The van der Waals surface area contributed by atoms with Gasteiger partial charge in [0.2, 0.25) is 5.91 Å². The van der Waals surface area contributed by atoms with Gasteiger partial charge in [-0.15, -0.1) is 0 Å². The largest absolute Gasteiger partial charge is 0.321 e. The van der Waals surface area contributed by atoms with Crippen molar-refractivity contribution in [2.75, 3.05) is 10.2 Å². The highest BCUT2D eigenvalue weighted by Gasteiger charge is 2.40. The Hall–Kier alpha value is -2.66. The Labute approximate surface area is 226 Å². The third kappa shape index (κ3) is 5.78. The number of thioether (sulfide) groups is 1. The molecule has 1 aliphatic heterocycles. The number of anilines is 2. The van der Waals surface area contributed by atoms with Crippen LogP contribution in [-0.4, -0.2) is 17.1 Å². The molecule has 3 aromatic rings. The van der Waals surface area contributed by atoms with Crippen molar-refractivity contribution in [1.29, 1.82) is 5.26 Å². The summed E-state index contributed by atoms with van der Waals surface area (Å²) in [4.78, 5) is 28.0. The van der Waals surface area contributed by atoms with Gasteiger partial charge in [0.1, 0.15) is 16.7 Å². The Kier molecular flexibility index (Phi) is 7.95. The van der Waals surface area contributed by atoms with E-state index in [1.54, 1.807) is 66.7 Å². The van der Waals surface area contributed by atoms with Gasteiger partial charge in [-0.1, -0.05) is 64.2 Å². The molecular formula is C25H15Cl4N3O2S. The van der Waals surface area contributed by atoms with E-state index in [1.807, 2.05) is 6.07 Å². The fourth-order valence-electron chi connectivity index (χ4n) is 3.42. The lowest BCUT2D eigenvalue weighted by molar-refractivity contribution is -0.117. The fraction of sp³-hybridized carbons (Fsp3) is 0.0800. The monoisotopic (exact) mass is 561 g/mol. The van der Waals surface area contributed by atoms with E-state index in [0.717, 1.165) is 17.3 Å². The van der Waals surface area contributed by atoms with Crippen molar-refractivity contribution in [3.05, 3.63) is 103 Å². The summed E-state index contributed by atoms with van der Waals surface area (Å²) in [5, 5.41) is 14.0. The number of nitrogens with one attached hydrogen (secondary N) is 1. The summed E-state index contributed by atoms with van der Waals surface area (Å²) in [6.07, 6.45) is 0.325. The minimum absolute atomic E-state index is 0.190. The Morgan fingerprint density at radius 2 is 1.57 bits per heavy atom. The number of benzene rings is 3. The van der Waals surface area contributed by atoms with Gasteiger partial charge in [-0.3, -0.25) is 14.5 Å². The van der Waals surface area contributed by atoms with Crippen LogP contribution in [0.4, 0.5) is 11.4 Å². The van der Waals surface area contributed by atoms with Gasteiger partial charge >= 0.3 is 0 Å². The molecule has 0 bridgehead atoms. The summed E-state index contributed by atoms with van der Waals surface area (Å²) in [5.41, 5.74) is 1.56. The second kappa shape index (κ2) is 10.9. The third-order valence-electron chi connectivity index (χ3n) is 5.10. The topological polar surface area (TPSA) is 73.2 Å². The van der Waals surface area contributed by atoms with Crippen LogP contribution < -0.4 is 10.2 Å². The molecule has 0 aliphatic carbocycles. The van der Waals surface area contributed by atoms with Gasteiger partial charge in [0.05, 0.1) is 15.3 Å². The number of amides is 2. The molecule has 4 rings (SSSR count). The van der Waals surface area contributed by atoms with E-state index in [9.17, 15) is 14.9 Å². The van der Waals surface area contributed by atoms with Crippen LogP contribution in [-0.2, 0) is 16.0 Å². The van der Waals surface area contributed by atoms with Crippen molar-refractivity contribution in [1.82, 2.24) is 0 Å². The highest BCUT2D eigenvalue weighted by molar-refractivity contribution is 8.05. The smallest absolute Gasteiger partial charge is 0.269 e. The van der Waals surface area contributed by atoms with Gasteiger partial charge in [-0.25, -0.2) is 0 Å². The zero-order valence-electron chi connectivity index (χ0n) is 17.8. The minimum Gasteiger partial charge on any atom is -0.321 e. The molecule has 2 amide bonds. The number of nitriles is 1. The summed E-state index contributed by atoms with van der Waals surface area (Å²) < 4.78 is 0. The van der Waals surface area contributed by atoms with Gasteiger partial charge in [0.15, 0.2) is 0 Å². The molecule has 0 spiro atoms. The average Bonchev–Trinajstić information content (AvgIpc) is 3.14. The van der Waals surface area contributed by atoms with Crippen LogP contribution in [0.5, 0.6) is 0 Å². The third-order valence-corrected chi connectivity index (χ3v) is 7.60. The molecule has 1 N–H and O–H groups in total. The molecule has 1 fully saturated rings. The van der Waals surface area contributed by atoms with Gasteiger partial charge in [0, 0.05) is 21.4 Å². The molecule has 5 nitrogen and oxygen atoms in total. The average molecular weight is 563 g/mol. The maximum atomic E-state index is 13.5. The lowest BCUT2D eigenvalue weighted by Gasteiger charge is -2.19. The number of rotatable bonds is 5. The van der Waals surface area contributed by atoms with Gasteiger partial charge in [-0.2, -0.15) is 5.26 Å². The number of halogens is 4. The van der Waals surface area contributed by atoms with Gasteiger partial charge in [0.25, 0.3) is 5.91 Å². The van der Waals surface area contributed by atoms with Crippen LogP contribution >= 0.6 is 58.2 Å². The Balaban J connectivity index is 1.72. The molecule has 0 radical (unpaired) electrons. The van der Waals surface area contributed by atoms with E-state index < -0.39 is 11.2 Å². The lowest BCUT2D eigenvalue weighted by atomic mass is 10.1. The quantitative estimate of drug-likeness (QED) is 0.260. The van der Waals surface area contributed by atoms with E-state index in [4.69, 9.17) is 46.4 Å². The highest BCUT2D eigenvalue weighted by Crippen LogP contribution is 2.42. The molecule has 3 aromatic carbocycles.